The van der Waals surface area contributed by atoms with Gasteiger partial charge in [0.15, 0.2) is 0 Å². The molecule has 24 heavy (non-hydrogen) atoms. The van der Waals surface area contributed by atoms with Gasteiger partial charge in [-0.3, -0.25) is 4.79 Å². The number of nitrogens with one attached hydrogen (secondary N) is 1. The van der Waals surface area contributed by atoms with E-state index in [9.17, 15) is 4.79 Å². The first-order valence-corrected chi connectivity index (χ1v) is 9.39. The van der Waals surface area contributed by atoms with Crippen LogP contribution in [0.3, 0.4) is 0 Å². The Morgan fingerprint density at radius 1 is 1.12 bits per heavy atom. The summed E-state index contributed by atoms with van der Waals surface area (Å²) in [4.78, 5) is 14.4. The molecule has 0 radical (unpaired) electrons. The van der Waals surface area contributed by atoms with E-state index in [0.717, 1.165) is 22.9 Å². The molecule has 2 rings (SSSR count). The van der Waals surface area contributed by atoms with E-state index in [-0.39, 0.29) is 11.9 Å². The fraction of sp³-hybridized carbons (Fsp3) is 0.316. The number of amides is 1. The highest BCUT2D eigenvalue weighted by Crippen LogP contribution is 2.17. The second-order valence-electron chi connectivity index (χ2n) is 5.91. The summed E-state index contributed by atoms with van der Waals surface area (Å²) in [5.74, 6) is 1.30. The number of rotatable bonds is 8. The number of halogens is 1. The van der Waals surface area contributed by atoms with Gasteiger partial charge in [0.2, 0.25) is 5.91 Å². The quantitative estimate of drug-likeness (QED) is 0.770. The van der Waals surface area contributed by atoms with Gasteiger partial charge in [-0.15, -0.1) is 11.8 Å². The SMILES string of the molecule is CN(C)CC(NC(=O)CSCc1ccc(Cl)cc1)c1ccccc1. The molecule has 0 aliphatic carbocycles. The molecule has 0 aliphatic heterocycles. The number of carbonyl (C=O) groups excluding carboxylic acids is 1. The lowest BCUT2D eigenvalue weighted by molar-refractivity contribution is -0.119. The van der Waals surface area contributed by atoms with Crippen LogP contribution >= 0.6 is 23.4 Å². The second kappa shape index (κ2) is 9.72. The van der Waals surface area contributed by atoms with Crippen LogP contribution in [0.15, 0.2) is 54.6 Å². The Balaban J connectivity index is 1.85. The standard InChI is InChI=1S/C19H23ClN2OS/c1-22(2)12-18(16-6-4-3-5-7-16)21-19(23)14-24-13-15-8-10-17(20)11-9-15/h3-11,18H,12-14H2,1-2H3,(H,21,23). The molecular formula is C19H23ClN2OS. The monoisotopic (exact) mass is 362 g/mol. The van der Waals surface area contributed by atoms with Crippen molar-refractivity contribution in [2.45, 2.75) is 11.8 Å². The van der Waals surface area contributed by atoms with Crippen LogP contribution in [0, 0.1) is 0 Å². The first kappa shape index (κ1) is 18.8. The van der Waals surface area contributed by atoms with Crippen LogP contribution in [0.2, 0.25) is 5.02 Å². The summed E-state index contributed by atoms with van der Waals surface area (Å²) in [6.07, 6.45) is 0. The van der Waals surface area contributed by atoms with Gasteiger partial charge in [-0.25, -0.2) is 0 Å². The molecule has 3 nitrogen and oxygen atoms in total. The highest BCUT2D eigenvalue weighted by Gasteiger charge is 2.15. The van der Waals surface area contributed by atoms with Crippen molar-refractivity contribution in [1.82, 2.24) is 10.2 Å². The van der Waals surface area contributed by atoms with E-state index in [1.54, 1.807) is 11.8 Å². The Morgan fingerprint density at radius 3 is 2.42 bits per heavy atom. The average Bonchev–Trinajstić information content (AvgIpc) is 2.56. The average molecular weight is 363 g/mol. The molecule has 0 spiro atoms. The normalized spacial score (nSPS) is 12.2. The van der Waals surface area contributed by atoms with Gasteiger partial charge in [-0.1, -0.05) is 54.1 Å². The van der Waals surface area contributed by atoms with E-state index >= 15 is 0 Å². The predicted molar refractivity (Wildman–Crippen MR) is 103 cm³/mol. The molecule has 0 heterocycles. The topological polar surface area (TPSA) is 32.3 Å². The summed E-state index contributed by atoms with van der Waals surface area (Å²) < 4.78 is 0. The van der Waals surface area contributed by atoms with Crippen LogP contribution in [0.5, 0.6) is 0 Å². The molecule has 0 aromatic heterocycles. The molecule has 1 N–H and O–H groups in total. The molecule has 0 bridgehead atoms. The molecule has 1 amide bonds. The minimum Gasteiger partial charge on any atom is -0.347 e. The lowest BCUT2D eigenvalue weighted by atomic mass is 10.1. The molecule has 1 atom stereocenters. The molecule has 0 aliphatic rings. The van der Waals surface area contributed by atoms with Crippen LogP contribution in [0.25, 0.3) is 0 Å². The number of carbonyl (C=O) groups is 1. The van der Waals surface area contributed by atoms with Crippen molar-refractivity contribution in [2.24, 2.45) is 0 Å². The van der Waals surface area contributed by atoms with Gasteiger partial charge in [0.1, 0.15) is 0 Å². The third-order valence-electron chi connectivity index (χ3n) is 3.50. The van der Waals surface area contributed by atoms with Crippen molar-refractivity contribution in [3.63, 3.8) is 0 Å². The first-order chi connectivity index (χ1) is 11.5. The minimum absolute atomic E-state index is 0.00447. The zero-order valence-electron chi connectivity index (χ0n) is 14.0. The van der Waals surface area contributed by atoms with Crippen LogP contribution in [0.4, 0.5) is 0 Å². The van der Waals surface area contributed by atoms with Crippen molar-refractivity contribution in [2.75, 3.05) is 26.4 Å². The molecule has 2 aromatic carbocycles. The maximum Gasteiger partial charge on any atom is 0.230 e. The summed E-state index contributed by atoms with van der Waals surface area (Å²) in [5.41, 5.74) is 2.30. The van der Waals surface area contributed by atoms with Crippen molar-refractivity contribution >= 4 is 29.3 Å². The third-order valence-corrected chi connectivity index (χ3v) is 4.76. The van der Waals surface area contributed by atoms with E-state index in [4.69, 9.17) is 11.6 Å². The maximum absolute atomic E-state index is 12.3. The lowest BCUT2D eigenvalue weighted by Crippen LogP contribution is -2.36. The molecule has 0 saturated heterocycles. The number of thioether (sulfide) groups is 1. The van der Waals surface area contributed by atoms with Crippen molar-refractivity contribution < 1.29 is 4.79 Å². The van der Waals surface area contributed by atoms with Crippen molar-refractivity contribution in [3.05, 3.63) is 70.7 Å². The summed E-state index contributed by atoms with van der Waals surface area (Å²) in [6.45, 7) is 0.775. The van der Waals surface area contributed by atoms with Gasteiger partial charge < -0.3 is 10.2 Å². The van der Waals surface area contributed by atoms with Crippen LogP contribution in [-0.4, -0.2) is 37.2 Å². The van der Waals surface area contributed by atoms with E-state index < -0.39 is 0 Å². The number of benzene rings is 2. The van der Waals surface area contributed by atoms with Gasteiger partial charge >= 0.3 is 0 Å². The summed E-state index contributed by atoms with van der Waals surface area (Å²) in [7, 11) is 4.02. The number of hydrogen-bond donors (Lipinski definition) is 1. The van der Waals surface area contributed by atoms with E-state index in [1.807, 2.05) is 56.6 Å². The summed E-state index contributed by atoms with van der Waals surface area (Å²) in [6, 6.07) is 17.8. The van der Waals surface area contributed by atoms with E-state index in [0.29, 0.717) is 5.75 Å². The van der Waals surface area contributed by atoms with E-state index in [1.165, 1.54) is 5.56 Å². The van der Waals surface area contributed by atoms with Crippen LogP contribution in [0.1, 0.15) is 17.2 Å². The highest BCUT2D eigenvalue weighted by atomic mass is 35.5. The number of hydrogen-bond acceptors (Lipinski definition) is 3. The summed E-state index contributed by atoms with van der Waals surface area (Å²) >= 11 is 7.49. The first-order valence-electron chi connectivity index (χ1n) is 7.86. The lowest BCUT2D eigenvalue weighted by Gasteiger charge is -2.22. The molecule has 2 aromatic rings. The molecular weight excluding hydrogens is 340 g/mol. The largest absolute Gasteiger partial charge is 0.347 e. The van der Waals surface area contributed by atoms with E-state index in [2.05, 4.69) is 22.3 Å². The number of likely N-dealkylation sites (N-methyl/N-ethyl adjacent to an activating group) is 1. The fourth-order valence-electron chi connectivity index (χ4n) is 2.36. The van der Waals surface area contributed by atoms with Gasteiger partial charge in [0.05, 0.1) is 11.8 Å². The third kappa shape index (κ3) is 6.56. The van der Waals surface area contributed by atoms with Gasteiger partial charge in [0, 0.05) is 17.3 Å². The molecule has 0 fully saturated rings. The van der Waals surface area contributed by atoms with Gasteiger partial charge in [-0.2, -0.15) is 0 Å². The molecule has 1 unspecified atom stereocenters. The fourth-order valence-corrected chi connectivity index (χ4v) is 3.29. The van der Waals surface area contributed by atoms with Crippen molar-refractivity contribution in [1.29, 1.82) is 0 Å². The zero-order valence-corrected chi connectivity index (χ0v) is 15.6. The Bertz CT molecular complexity index is 632. The second-order valence-corrected chi connectivity index (χ2v) is 7.33. The minimum atomic E-state index is 0.00447. The Kier molecular flexibility index (Phi) is 7.63. The van der Waals surface area contributed by atoms with Crippen molar-refractivity contribution in [3.8, 4) is 0 Å². The smallest absolute Gasteiger partial charge is 0.230 e. The zero-order chi connectivity index (χ0) is 17.4. The van der Waals surface area contributed by atoms with Gasteiger partial charge in [-0.05, 0) is 37.4 Å². The van der Waals surface area contributed by atoms with Crippen LogP contribution in [-0.2, 0) is 10.5 Å². The maximum atomic E-state index is 12.3. The summed E-state index contributed by atoms with van der Waals surface area (Å²) in [5, 5.41) is 3.87. The Labute approximate surface area is 153 Å². The Morgan fingerprint density at radius 2 is 1.79 bits per heavy atom. The molecule has 128 valence electrons. The highest BCUT2D eigenvalue weighted by molar-refractivity contribution is 7.99. The predicted octanol–water partition coefficient (Wildman–Crippen LogP) is 3.99. The molecule has 0 saturated carbocycles. The van der Waals surface area contributed by atoms with Gasteiger partial charge in [0.25, 0.3) is 0 Å². The molecule has 5 heteroatoms. The Hall–Kier alpha value is -1.49. The number of nitrogens with zero attached hydrogens (tertiary/aromatic N) is 1. The van der Waals surface area contributed by atoms with Crippen LogP contribution < -0.4 is 5.32 Å².